The number of aromatic nitrogens is 1. The molecule has 1 fully saturated rings. The molecule has 0 bridgehead atoms. The second-order valence-electron chi connectivity index (χ2n) is 6.60. The van der Waals surface area contributed by atoms with Crippen LogP contribution in [0.3, 0.4) is 0 Å². The van der Waals surface area contributed by atoms with Crippen molar-refractivity contribution >= 4 is 33.7 Å². The molecular weight excluding hydrogens is 354 g/mol. The molecule has 1 amide bonds. The van der Waals surface area contributed by atoms with Gasteiger partial charge in [0.25, 0.3) is 5.91 Å². The molecule has 0 aliphatic carbocycles. The van der Waals surface area contributed by atoms with Crippen LogP contribution in [0.1, 0.15) is 46.6 Å². The van der Waals surface area contributed by atoms with Crippen LogP contribution in [-0.4, -0.2) is 41.1 Å². The maximum Gasteiger partial charge on any atom is 0.267 e. The molecular formula is C18H25N3O2S2. The quantitative estimate of drug-likeness (QED) is 0.855. The van der Waals surface area contributed by atoms with Gasteiger partial charge in [-0.25, -0.2) is 4.98 Å². The standard InChI is InChI=1S/C18H25N3O2S2/c1-5-14-6-16(25-13(14)4)17(22)20-18-19-15(10-24-18)9-21-7-11(2)23-12(3)8-21/h6,10-12H,5,7-9H2,1-4H3,(H,19,20,22). The Bertz CT molecular complexity index is 731. The molecule has 0 saturated carbocycles. The minimum Gasteiger partial charge on any atom is -0.373 e. The number of hydrogen-bond acceptors (Lipinski definition) is 6. The third kappa shape index (κ3) is 4.67. The Morgan fingerprint density at radius 2 is 2.12 bits per heavy atom. The third-order valence-electron chi connectivity index (χ3n) is 4.28. The number of thiazole rings is 1. The molecule has 0 radical (unpaired) electrons. The monoisotopic (exact) mass is 379 g/mol. The van der Waals surface area contributed by atoms with Gasteiger partial charge in [-0.05, 0) is 38.8 Å². The Balaban J connectivity index is 1.60. The number of amides is 1. The van der Waals surface area contributed by atoms with Gasteiger partial charge in [0.2, 0.25) is 0 Å². The van der Waals surface area contributed by atoms with Gasteiger partial charge in [0.05, 0.1) is 22.8 Å². The van der Waals surface area contributed by atoms with E-state index < -0.39 is 0 Å². The molecule has 1 N–H and O–H groups in total. The van der Waals surface area contributed by atoms with Gasteiger partial charge in [-0.2, -0.15) is 0 Å². The lowest BCUT2D eigenvalue weighted by Crippen LogP contribution is -2.44. The maximum atomic E-state index is 12.4. The number of nitrogens with zero attached hydrogens (tertiary/aromatic N) is 2. The van der Waals surface area contributed by atoms with Gasteiger partial charge in [0.1, 0.15) is 0 Å². The Labute approximate surface area is 157 Å². The summed E-state index contributed by atoms with van der Waals surface area (Å²) in [4.78, 5) is 21.3. The fourth-order valence-electron chi connectivity index (χ4n) is 3.22. The first kappa shape index (κ1) is 18.5. The summed E-state index contributed by atoms with van der Waals surface area (Å²) in [5, 5.41) is 5.62. The molecule has 1 saturated heterocycles. The number of morpholine rings is 1. The fraction of sp³-hybridized carbons (Fsp3) is 0.556. The number of carbonyl (C=O) groups is 1. The van der Waals surface area contributed by atoms with Crippen molar-refractivity contribution in [2.45, 2.75) is 52.9 Å². The molecule has 3 heterocycles. The van der Waals surface area contributed by atoms with Crippen LogP contribution in [0.5, 0.6) is 0 Å². The van der Waals surface area contributed by atoms with Crippen LogP contribution in [0, 0.1) is 6.92 Å². The molecule has 25 heavy (non-hydrogen) atoms. The molecule has 0 spiro atoms. The van der Waals surface area contributed by atoms with E-state index in [4.69, 9.17) is 4.74 Å². The Morgan fingerprint density at radius 1 is 1.40 bits per heavy atom. The highest BCUT2D eigenvalue weighted by molar-refractivity contribution is 7.15. The highest BCUT2D eigenvalue weighted by Gasteiger charge is 2.23. The first-order valence-corrected chi connectivity index (χ1v) is 10.4. The summed E-state index contributed by atoms with van der Waals surface area (Å²) < 4.78 is 5.77. The maximum absolute atomic E-state index is 12.4. The molecule has 2 aromatic heterocycles. The predicted octanol–water partition coefficient (Wildman–Crippen LogP) is 3.94. The number of aryl methyl sites for hydroxylation is 2. The van der Waals surface area contributed by atoms with Gasteiger partial charge in [-0.15, -0.1) is 22.7 Å². The largest absolute Gasteiger partial charge is 0.373 e. The van der Waals surface area contributed by atoms with Gasteiger partial charge in [0.15, 0.2) is 5.13 Å². The van der Waals surface area contributed by atoms with Crippen molar-refractivity contribution in [1.82, 2.24) is 9.88 Å². The van der Waals surface area contributed by atoms with Gasteiger partial charge >= 0.3 is 0 Å². The summed E-state index contributed by atoms with van der Waals surface area (Å²) in [6, 6.07) is 1.99. The van der Waals surface area contributed by atoms with Crippen LogP contribution in [0.4, 0.5) is 5.13 Å². The number of anilines is 1. The number of nitrogens with one attached hydrogen (secondary N) is 1. The molecule has 0 aromatic carbocycles. The molecule has 1 aliphatic heterocycles. The van der Waals surface area contributed by atoms with E-state index in [0.717, 1.165) is 36.6 Å². The molecule has 1 aliphatic rings. The van der Waals surface area contributed by atoms with Crippen LogP contribution in [0.2, 0.25) is 0 Å². The van der Waals surface area contributed by atoms with E-state index in [1.54, 1.807) is 11.3 Å². The van der Waals surface area contributed by atoms with E-state index in [2.05, 4.69) is 42.9 Å². The van der Waals surface area contributed by atoms with E-state index in [9.17, 15) is 4.79 Å². The molecule has 2 unspecified atom stereocenters. The molecule has 2 aromatic rings. The second kappa shape index (κ2) is 7.95. The average molecular weight is 380 g/mol. The first-order chi connectivity index (χ1) is 11.9. The number of hydrogen-bond donors (Lipinski definition) is 1. The van der Waals surface area contributed by atoms with E-state index in [-0.39, 0.29) is 18.1 Å². The molecule has 2 atom stereocenters. The van der Waals surface area contributed by atoms with E-state index in [0.29, 0.717) is 5.13 Å². The zero-order valence-electron chi connectivity index (χ0n) is 15.2. The minimum absolute atomic E-state index is 0.0673. The summed E-state index contributed by atoms with van der Waals surface area (Å²) >= 11 is 3.03. The zero-order valence-corrected chi connectivity index (χ0v) is 16.8. The predicted molar refractivity (Wildman–Crippen MR) is 104 cm³/mol. The number of thiophene rings is 1. The molecule has 7 heteroatoms. The molecule has 3 rings (SSSR count). The van der Waals surface area contributed by atoms with Crippen molar-refractivity contribution in [2.24, 2.45) is 0 Å². The van der Waals surface area contributed by atoms with Crippen LogP contribution in [0.25, 0.3) is 0 Å². The van der Waals surface area contributed by atoms with Crippen molar-refractivity contribution < 1.29 is 9.53 Å². The number of ether oxygens (including phenoxy) is 1. The van der Waals surface area contributed by atoms with Gasteiger partial charge in [0, 0.05) is 29.9 Å². The molecule has 5 nitrogen and oxygen atoms in total. The Kier molecular flexibility index (Phi) is 5.89. The van der Waals surface area contributed by atoms with Crippen molar-refractivity contribution in [3.63, 3.8) is 0 Å². The summed E-state index contributed by atoms with van der Waals surface area (Å²) in [5.41, 5.74) is 2.24. The molecule has 136 valence electrons. The zero-order chi connectivity index (χ0) is 18.0. The van der Waals surface area contributed by atoms with Crippen molar-refractivity contribution in [3.8, 4) is 0 Å². The average Bonchev–Trinajstić information content (AvgIpc) is 3.12. The minimum atomic E-state index is -0.0673. The van der Waals surface area contributed by atoms with Crippen LogP contribution in [0.15, 0.2) is 11.4 Å². The van der Waals surface area contributed by atoms with Gasteiger partial charge in [-0.1, -0.05) is 6.92 Å². The van der Waals surface area contributed by atoms with E-state index in [1.165, 1.54) is 21.8 Å². The van der Waals surface area contributed by atoms with Gasteiger partial charge < -0.3 is 4.74 Å². The normalized spacial score (nSPS) is 21.4. The summed E-state index contributed by atoms with van der Waals surface area (Å²) in [5.74, 6) is -0.0673. The van der Waals surface area contributed by atoms with Crippen molar-refractivity contribution in [1.29, 1.82) is 0 Å². The first-order valence-electron chi connectivity index (χ1n) is 8.67. The van der Waals surface area contributed by atoms with E-state index in [1.807, 2.05) is 11.4 Å². The summed E-state index contributed by atoms with van der Waals surface area (Å²) in [6.07, 6.45) is 1.45. The number of carbonyl (C=O) groups excluding carboxylic acids is 1. The van der Waals surface area contributed by atoms with Crippen molar-refractivity contribution in [2.75, 3.05) is 18.4 Å². The third-order valence-corrected chi connectivity index (χ3v) is 6.18. The number of rotatable bonds is 5. The summed E-state index contributed by atoms with van der Waals surface area (Å²) in [7, 11) is 0. The second-order valence-corrected chi connectivity index (χ2v) is 8.71. The lowest BCUT2D eigenvalue weighted by atomic mass is 10.2. The lowest BCUT2D eigenvalue weighted by molar-refractivity contribution is -0.0707. The van der Waals surface area contributed by atoms with Crippen LogP contribution in [-0.2, 0) is 17.7 Å². The van der Waals surface area contributed by atoms with Gasteiger partial charge in [-0.3, -0.25) is 15.0 Å². The van der Waals surface area contributed by atoms with E-state index >= 15 is 0 Å². The Morgan fingerprint density at radius 3 is 2.76 bits per heavy atom. The highest BCUT2D eigenvalue weighted by atomic mass is 32.1. The SMILES string of the molecule is CCc1cc(C(=O)Nc2nc(CN3CC(C)OC(C)C3)cs2)sc1C. The topological polar surface area (TPSA) is 54.5 Å². The van der Waals surface area contributed by atoms with Crippen LogP contribution >= 0.6 is 22.7 Å². The highest BCUT2D eigenvalue weighted by Crippen LogP contribution is 2.24. The van der Waals surface area contributed by atoms with Crippen molar-refractivity contribution in [3.05, 3.63) is 32.5 Å². The lowest BCUT2D eigenvalue weighted by Gasteiger charge is -2.34. The van der Waals surface area contributed by atoms with Crippen LogP contribution < -0.4 is 5.32 Å². The smallest absolute Gasteiger partial charge is 0.267 e. The Hall–Kier alpha value is -1.28. The summed E-state index contributed by atoms with van der Waals surface area (Å²) in [6.45, 7) is 11.0. The fourth-order valence-corrected chi connectivity index (χ4v) is 4.93.